The SMILES string of the molecule is C=C(O)c1cc(C(C)=O)c(C(C)=O)cc1C(C)=O. The van der Waals surface area contributed by atoms with Crippen molar-refractivity contribution in [1.82, 2.24) is 0 Å². The fraction of sp³-hybridized carbons (Fsp3) is 0.214. The number of benzene rings is 1. The summed E-state index contributed by atoms with van der Waals surface area (Å²) < 4.78 is 0. The molecule has 1 aromatic rings. The van der Waals surface area contributed by atoms with Crippen molar-refractivity contribution in [3.63, 3.8) is 0 Å². The van der Waals surface area contributed by atoms with Gasteiger partial charge in [-0.3, -0.25) is 14.4 Å². The number of carbonyl (C=O) groups is 3. The van der Waals surface area contributed by atoms with Crippen LogP contribution in [0.1, 0.15) is 57.4 Å². The largest absolute Gasteiger partial charge is 0.508 e. The van der Waals surface area contributed by atoms with Crippen LogP contribution in [-0.4, -0.2) is 22.5 Å². The second-order valence-corrected chi connectivity index (χ2v) is 4.06. The zero-order valence-electron chi connectivity index (χ0n) is 10.5. The number of aliphatic hydroxyl groups excluding tert-OH is 1. The molecule has 1 rings (SSSR count). The van der Waals surface area contributed by atoms with Crippen LogP contribution >= 0.6 is 0 Å². The molecule has 0 spiro atoms. The van der Waals surface area contributed by atoms with Crippen LogP contribution in [0.5, 0.6) is 0 Å². The summed E-state index contributed by atoms with van der Waals surface area (Å²) in [6.07, 6.45) is 0. The molecule has 1 aromatic carbocycles. The molecule has 0 atom stereocenters. The predicted molar refractivity (Wildman–Crippen MR) is 68.1 cm³/mol. The van der Waals surface area contributed by atoms with Gasteiger partial charge in [-0.05, 0) is 32.9 Å². The number of ketones is 3. The summed E-state index contributed by atoms with van der Waals surface area (Å²) in [6, 6.07) is 2.66. The van der Waals surface area contributed by atoms with Gasteiger partial charge in [0.2, 0.25) is 0 Å². The highest BCUT2D eigenvalue weighted by molar-refractivity contribution is 6.10. The van der Waals surface area contributed by atoms with Gasteiger partial charge < -0.3 is 5.11 Å². The van der Waals surface area contributed by atoms with E-state index in [-0.39, 0.29) is 45.4 Å². The Hall–Kier alpha value is -2.23. The highest BCUT2D eigenvalue weighted by Crippen LogP contribution is 2.23. The minimum absolute atomic E-state index is 0.178. The first-order valence-electron chi connectivity index (χ1n) is 5.34. The molecular weight excluding hydrogens is 232 g/mol. The van der Waals surface area contributed by atoms with Crippen LogP contribution in [0.2, 0.25) is 0 Å². The van der Waals surface area contributed by atoms with E-state index in [9.17, 15) is 19.5 Å². The van der Waals surface area contributed by atoms with Gasteiger partial charge in [0.25, 0.3) is 0 Å². The maximum Gasteiger partial charge on any atom is 0.160 e. The van der Waals surface area contributed by atoms with Crippen LogP contribution in [0.25, 0.3) is 5.76 Å². The summed E-state index contributed by atoms with van der Waals surface area (Å²) >= 11 is 0. The van der Waals surface area contributed by atoms with Crippen LogP contribution < -0.4 is 0 Å². The van der Waals surface area contributed by atoms with Gasteiger partial charge in [-0.15, -0.1) is 0 Å². The van der Waals surface area contributed by atoms with Gasteiger partial charge in [-0.2, -0.15) is 0 Å². The summed E-state index contributed by atoms with van der Waals surface area (Å²) in [7, 11) is 0. The van der Waals surface area contributed by atoms with Crippen molar-refractivity contribution in [2.24, 2.45) is 0 Å². The zero-order valence-corrected chi connectivity index (χ0v) is 10.5. The Morgan fingerprint density at radius 3 is 1.39 bits per heavy atom. The average Bonchev–Trinajstić information content (AvgIpc) is 2.26. The normalized spacial score (nSPS) is 9.94. The zero-order chi connectivity index (χ0) is 14.0. The van der Waals surface area contributed by atoms with Crippen molar-refractivity contribution in [3.05, 3.63) is 41.0 Å². The van der Waals surface area contributed by atoms with Crippen LogP contribution in [0.3, 0.4) is 0 Å². The number of aliphatic hydroxyl groups is 1. The van der Waals surface area contributed by atoms with E-state index in [4.69, 9.17) is 0 Å². The Morgan fingerprint density at radius 1 is 0.833 bits per heavy atom. The van der Waals surface area contributed by atoms with Gasteiger partial charge in [-0.1, -0.05) is 6.58 Å². The topological polar surface area (TPSA) is 71.4 Å². The van der Waals surface area contributed by atoms with Crippen LogP contribution in [-0.2, 0) is 0 Å². The lowest BCUT2D eigenvalue weighted by Gasteiger charge is -2.11. The predicted octanol–water partition coefficient (Wildman–Crippen LogP) is 2.82. The number of hydrogen-bond acceptors (Lipinski definition) is 4. The van der Waals surface area contributed by atoms with Crippen LogP contribution in [0, 0.1) is 0 Å². The van der Waals surface area contributed by atoms with Gasteiger partial charge in [0.15, 0.2) is 17.3 Å². The molecule has 1 N–H and O–H groups in total. The first kappa shape index (κ1) is 13.8. The monoisotopic (exact) mass is 246 g/mol. The van der Waals surface area contributed by atoms with Crippen molar-refractivity contribution < 1.29 is 19.5 Å². The molecule has 0 aliphatic carbocycles. The number of Topliss-reactive ketones (excluding diaryl/α,β-unsaturated/α-hetero) is 3. The molecule has 0 bridgehead atoms. The molecule has 0 fully saturated rings. The first-order chi connectivity index (χ1) is 8.25. The van der Waals surface area contributed by atoms with Crippen LogP contribution in [0.4, 0.5) is 0 Å². The van der Waals surface area contributed by atoms with E-state index in [1.807, 2.05) is 0 Å². The Labute approximate surface area is 105 Å². The van der Waals surface area contributed by atoms with Gasteiger partial charge >= 0.3 is 0 Å². The lowest BCUT2D eigenvalue weighted by Crippen LogP contribution is -2.09. The average molecular weight is 246 g/mol. The molecule has 0 aliphatic rings. The van der Waals surface area contributed by atoms with E-state index in [0.29, 0.717) is 0 Å². The quantitative estimate of drug-likeness (QED) is 0.655. The van der Waals surface area contributed by atoms with Crippen molar-refractivity contribution in [2.75, 3.05) is 0 Å². The maximum absolute atomic E-state index is 11.5. The number of rotatable bonds is 4. The lowest BCUT2D eigenvalue weighted by molar-refractivity contribution is 0.0979. The maximum atomic E-state index is 11.5. The molecule has 94 valence electrons. The third kappa shape index (κ3) is 2.53. The molecule has 0 aliphatic heterocycles. The fourth-order valence-electron chi connectivity index (χ4n) is 1.71. The molecule has 0 saturated carbocycles. The smallest absolute Gasteiger partial charge is 0.160 e. The Bertz CT molecular complexity index is 469. The number of carbonyl (C=O) groups excluding carboxylic acids is 3. The van der Waals surface area contributed by atoms with E-state index >= 15 is 0 Å². The van der Waals surface area contributed by atoms with E-state index in [0.717, 1.165) is 0 Å². The first-order valence-corrected chi connectivity index (χ1v) is 5.34. The summed E-state index contributed by atoms with van der Waals surface area (Å²) in [5.41, 5.74) is 0.714. The molecule has 0 amide bonds. The van der Waals surface area contributed by atoms with Crippen LogP contribution in [0.15, 0.2) is 18.7 Å². The molecule has 0 aromatic heterocycles. The third-order valence-electron chi connectivity index (χ3n) is 2.61. The Balaban J connectivity index is 3.71. The summed E-state index contributed by atoms with van der Waals surface area (Å²) in [4.78, 5) is 34.4. The van der Waals surface area contributed by atoms with E-state index in [1.165, 1.54) is 32.9 Å². The minimum atomic E-state index is -0.308. The lowest BCUT2D eigenvalue weighted by atomic mass is 9.92. The molecule has 4 heteroatoms. The Kier molecular flexibility index (Phi) is 3.81. The number of hydrogen-bond donors (Lipinski definition) is 1. The molecule has 0 saturated heterocycles. The summed E-state index contributed by atoms with van der Waals surface area (Å²) in [5.74, 6) is -1.23. The molecule has 4 nitrogen and oxygen atoms in total. The van der Waals surface area contributed by atoms with Crippen molar-refractivity contribution >= 4 is 23.1 Å². The Morgan fingerprint density at radius 2 is 1.11 bits per heavy atom. The van der Waals surface area contributed by atoms with Gasteiger partial charge in [0, 0.05) is 22.3 Å². The van der Waals surface area contributed by atoms with Gasteiger partial charge in [-0.25, -0.2) is 0 Å². The van der Waals surface area contributed by atoms with Gasteiger partial charge in [0.05, 0.1) is 0 Å². The second-order valence-electron chi connectivity index (χ2n) is 4.06. The summed E-state index contributed by atoms with van der Waals surface area (Å²) in [5, 5.41) is 9.45. The van der Waals surface area contributed by atoms with E-state index < -0.39 is 0 Å². The molecule has 0 unspecified atom stereocenters. The van der Waals surface area contributed by atoms with E-state index in [2.05, 4.69) is 6.58 Å². The molecule has 18 heavy (non-hydrogen) atoms. The fourth-order valence-corrected chi connectivity index (χ4v) is 1.71. The third-order valence-corrected chi connectivity index (χ3v) is 2.61. The highest BCUT2D eigenvalue weighted by Gasteiger charge is 2.18. The molecular formula is C14H14O4. The second kappa shape index (κ2) is 4.96. The summed E-state index contributed by atoms with van der Waals surface area (Å²) in [6.45, 7) is 7.31. The van der Waals surface area contributed by atoms with Crippen molar-refractivity contribution in [3.8, 4) is 0 Å². The van der Waals surface area contributed by atoms with Gasteiger partial charge in [0.1, 0.15) is 5.76 Å². The van der Waals surface area contributed by atoms with E-state index in [1.54, 1.807) is 0 Å². The highest BCUT2D eigenvalue weighted by atomic mass is 16.3. The molecule has 0 heterocycles. The van der Waals surface area contributed by atoms with Crippen molar-refractivity contribution in [1.29, 1.82) is 0 Å². The molecule has 0 radical (unpaired) electrons. The minimum Gasteiger partial charge on any atom is -0.508 e. The standard InChI is InChI=1S/C14H14O4/c1-7(15)11-5-13(9(3)17)14(10(4)18)6-12(11)8(2)16/h5-6,15H,1H2,2-4H3. The van der Waals surface area contributed by atoms with Crippen molar-refractivity contribution in [2.45, 2.75) is 20.8 Å².